The zero-order chi connectivity index (χ0) is 16.3. The SMILES string of the molecule is CN=C(NCCCCSC)N1CCC(Oc2ccccc2)CC1. The molecule has 23 heavy (non-hydrogen) atoms. The average Bonchev–Trinajstić information content (AvgIpc) is 2.60. The third-order valence-electron chi connectivity index (χ3n) is 4.06. The van der Waals surface area contributed by atoms with Gasteiger partial charge in [-0.3, -0.25) is 4.99 Å². The first-order valence-electron chi connectivity index (χ1n) is 8.49. The monoisotopic (exact) mass is 335 g/mol. The summed E-state index contributed by atoms with van der Waals surface area (Å²) in [6.07, 6.45) is 7.03. The summed E-state index contributed by atoms with van der Waals surface area (Å²) in [5, 5.41) is 3.49. The number of piperidine rings is 1. The molecular weight excluding hydrogens is 306 g/mol. The highest BCUT2D eigenvalue weighted by Gasteiger charge is 2.22. The molecule has 0 radical (unpaired) electrons. The van der Waals surface area contributed by atoms with Gasteiger partial charge in [-0.05, 0) is 37.0 Å². The van der Waals surface area contributed by atoms with Gasteiger partial charge in [0.1, 0.15) is 11.9 Å². The van der Waals surface area contributed by atoms with Gasteiger partial charge < -0.3 is 15.0 Å². The van der Waals surface area contributed by atoms with Gasteiger partial charge in [0.15, 0.2) is 5.96 Å². The molecule has 1 aliphatic heterocycles. The Morgan fingerprint density at radius 1 is 1.26 bits per heavy atom. The molecule has 0 atom stereocenters. The molecule has 1 N–H and O–H groups in total. The Hall–Kier alpha value is -1.36. The molecule has 1 saturated heterocycles. The Labute approximate surface area is 144 Å². The van der Waals surface area contributed by atoms with E-state index < -0.39 is 0 Å². The Morgan fingerprint density at radius 2 is 2.00 bits per heavy atom. The molecule has 0 aromatic heterocycles. The molecule has 5 heteroatoms. The van der Waals surface area contributed by atoms with E-state index in [-0.39, 0.29) is 0 Å². The van der Waals surface area contributed by atoms with E-state index in [4.69, 9.17) is 4.74 Å². The lowest BCUT2D eigenvalue weighted by Crippen LogP contribution is -2.47. The number of guanidine groups is 1. The smallest absolute Gasteiger partial charge is 0.193 e. The van der Waals surface area contributed by atoms with E-state index in [0.717, 1.165) is 44.2 Å². The lowest BCUT2D eigenvalue weighted by atomic mass is 10.1. The number of aliphatic imine (C=N–C) groups is 1. The van der Waals surface area contributed by atoms with Crippen molar-refractivity contribution in [2.45, 2.75) is 31.8 Å². The summed E-state index contributed by atoms with van der Waals surface area (Å²) in [6, 6.07) is 10.1. The van der Waals surface area contributed by atoms with Crippen molar-refractivity contribution in [3.8, 4) is 5.75 Å². The summed E-state index contributed by atoms with van der Waals surface area (Å²) in [4.78, 5) is 6.77. The second-order valence-corrected chi connectivity index (χ2v) is 6.78. The zero-order valence-corrected chi connectivity index (χ0v) is 15.1. The molecule has 0 saturated carbocycles. The Kier molecular flexibility index (Phi) is 8.15. The highest BCUT2D eigenvalue weighted by atomic mass is 32.2. The van der Waals surface area contributed by atoms with Crippen molar-refractivity contribution in [1.29, 1.82) is 0 Å². The maximum absolute atomic E-state index is 6.05. The molecule has 1 heterocycles. The summed E-state index contributed by atoms with van der Waals surface area (Å²) in [7, 11) is 1.87. The van der Waals surface area contributed by atoms with Crippen molar-refractivity contribution >= 4 is 17.7 Å². The predicted octanol–water partition coefficient (Wildman–Crippen LogP) is 3.25. The van der Waals surface area contributed by atoms with Gasteiger partial charge in [0.2, 0.25) is 0 Å². The molecule has 1 aromatic rings. The number of hydrogen-bond donors (Lipinski definition) is 1. The number of nitrogens with zero attached hydrogens (tertiary/aromatic N) is 2. The third-order valence-corrected chi connectivity index (χ3v) is 4.75. The summed E-state index contributed by atoms with van der Waals surface area (Å²) in [5.41, 5.74) is 0. The molecule has 1 aliphatic rings. The van der Waals surface area contributed by atoms with Crippen LogP contribution in [0.3, 0.4) is 0 Å². The van der Waals surface area contributed by atoms with Gasteiger partial charge >= 0.3 is 0 Å². The van der Waals surface area contributed by atoms with E-state index in [9.17, 15) is 0 Å². The second kappa shape index (κ2) is 10.4. The number of likely N-dealkylation sites (tertiary alicyclic amines) is 1. The molecule has 1 fully saturated rings. The fourth-order valence-corrected chi connectivity index (χ4v) is 3.27. The number of para-hydroxylation sites is 1. The van der Waals surface area contributed by atoms with Gasteiger partial charge in [0.25, 0.3) is 0 Å². The highest BCUT2D eigenvalue weighted by molar-refractivity contribution is 7.98. The Balaban J connectivity index is 1.69. The largest absolute Gasteiger partial charge is 0.490 e. The summed E-state index contributed by atoms with van der Waals surface area (Å²) in [6.45, 7) is 3.01. The van der Waals surface area contributed by atoms with Crippen molar-refractivity contribution in [3.05, 3.63) is 30.3 Å². The van der Waals surface area contributed by atoms with Crippen LogP contribution in [0.1, 0.15) is 25.7 Å². The third kappa shape index (κ3) is 6.34. The van der Waals surface area contributed by atoms with Crippen molar-refractivity contribution in [3.63, 3.8) is 0 Å². The van der Waals surface area contributed by atoms with Gasteiger partial charge in [-0.15, -0.1) is 0 Å². The van der Waals surface area contributed by atoms with Crippen LogP contribution >= 0.6 is 11.8 Å². The van der Waals surface area contributed by atoms with E-state index in [2.05, 4.69) is 21.5 Å². The van der Waals surface area contributed by atoms with Crippen LogP contribution < -0.4 is 10.1 Å². The number of benzene rings is 1. The molecule has 1 aromatic carbocycles. The number of unbranched alkanes of at least 4 members (excludes halogenated alkanes) is 1. The van der Waals surface area contributed by atoms with Crippen LogP contribution in [0.15, 0.2) is 35.3 Å². The zero-order valence-electron chi connectivity index (χ0n) is 14.3. The Bertz CT molecular complexity index is 459. The molecule has 2 rings (SSSR count). The number of thioether (sulfide) groups is 1. The molecule has 0 aliphatic carbocycles. The minimum atomic E-state index is 0.313. The molecule has 4 nitrogen and oxygen atoms in total. The van der Waals surface area contributed by atoms with Gasteiger partial charge in [-0.1, -0.05) is 18.2 Å². The minimum Gasteiger partial charge on any atom is -0.490 e. The van der Waals surface area contributed by atoms with Crippen molar-refractivity contribution in [2.75, 3.05) is 38.7 Å². The Morgan fingerprint density at radius 3 is 2.65 bits per heavy atom. The number of nitrogens with one attached hydrogen (secondary N) is 1. The van der Waals surface area contributed by atoms with Crippen molar-refractivity contribution < 1.29 is 4.74 Å². The highest BCUT2D eigenvalue weighted by Crippen LogP contribution is 2.18. The van der Waals surface area contributed by atoms with Crippen molar-refractivity contribution in [2.24, 2.45) is 4.99 Å². The molecule has 0 amide bonds. The van der Waals surface area contributed by atoms with E-state index in [0.29, 0.717) is 6.10 Å². The average molecular weight is 336 g/mol. The maximum atomic E-state index is 6.05. The lowest BCUT2D eigenvalue weighted by Gasteiger charge is -2.34. The molecule has 0 unspecified atom stereocenters. The maximum Gasteiger partial charge on any atom is 0.193 e. The number of ether oxygens (including phenoxy) is 1. The number of hydrogen-bond acceptors (Lipinski definition) is 3. The van der Waals surface area contributed by atoms with Crippen LogP contribution in [0.5, 0.6) is 5.75 Å². The van der Waals surface area contributed by atoms with E-state index in [1.165, 1.54) is 18.6 Å². The van der Waals surface area contributed by atoms with Crippen LogP contribution in [0, 0.1) is 0 Å². The standard InChI is InChI=1S/C18H29N3OS/c1-19-18(20-12-6-7-15-23-2)21-13-10-17(11-14-21)22-16-8-4-3-5-9-16/h3-5,8-9,17H,6-7,10-15H2,1-2H3,(H,19,20). The fourth-order valence-electron chi connectivity index (χ4n) is 2.78. The van der Waals surface area contributed by atoms with Crippen molar-refractivity contribution in [1.82, 2.24) is 10.2 Å². The van der Waals surface area contributed by atoms with Crippen LogP contribution in [-0.2, 0) is 0 Å². The molecular formula is C18H29N3OS. The van der Waals surface area contributed by atoms with Crippen LogP contribution in [0.25, 0.3) is 0 Å². The molecule has 0 spiro atoms. The minimum absolute atomic E-state index is 0.313. The van der Waals surface area contributed by atoms with Crippen LogP contribution in [0.2, 0.25) is 0 Å². The van der Waals surface area contributed by atoms with Crippen LogP contribution in [-0.4, -0.2) is 55.7 Å². The first-order valence-corrected chi connectivity index (χ1v) is 9.89. The van der Waals surface area contributed by atoms with Gasteiger partial charge in [0, 0.05) is 39.5 Å². The second-order valence-electron chi connectivity index (χ2n) is 5.79. The van der Waals surface area contributed by atoms with Gasteiger partial charge in [-0.25, -0.2) is 0 Å². The quantitative estimate of drug-likeness (QED) is 0.471. The lowest BCUT2D eigenvalue weighted by molar-refractivity contribution is 0.129. The molecule has 0 bridgehead atoms. The normalized spacial score (nSPS) is 16.4. The van der Waals surface area contributed by atoms with Gasteiger partial charge in [-0.2, -0.15) is 11.8 Å². The van der Waals surface area contributed by atoms with E-state index >= 15 is 0 Å². The first-order chi connectivity index (χ1) is 11.3. The first kappa shape index (κ1) is 18.0. The van der Waals surface area contributed by atoms with Crippen LogP contribution in [0.4, 0.5) is 0 Å². The molecule has 128 valence electrons. The predicted molar refractivity (Wildman–Crippen MR) is 101 cm³/mol. The summed E-state index contributed by atoms with van der Waals surface area (Å²) < 4.78 is 6.05. The van der Waals surface area contributed by atoms with E-state index in [1.54, 1.807) is 0 Å². The summed E-state index contributed by atoms with van der Waals surface area (Å²) >= 11 is 1.91. The van der Waals surface area contributed by atoms with E-state index in [1.807, 2.05) is 49.1 Å². The summed E-state index contributed by atoms with van der Waals surface area (Å²) in [5.74, 6) is 3.25. The topological polar surface area (TPSA) is 36.9 Å². The van der Waals surface area contributed by atoms with Gasteiger partial charge in [0.05, 0.1) is 0 Å². The number of rotatable bonds is 7. The fraction of sp³-hybridized carbons (Fsp3) is 0.611.